The Balaban J connectivity index is 2.60. The van der Waals surface area contributed by atoms with E-state index in [1.165, 1.54) is 6.33 Å². The number of nitrogens with zero attached hydrogens (tertiary/aromatic N) is 4. The second kappa shape index (κ2) is 5.02. The molecule has 0 aromatic carbocycles. The lowest BCUT2D eigenvalue weighted by Gasteiger charge is -2.11. The van der Waals surface area contributed by atoms with Gasteiger partial charge in [-0.3, -0.25) is 0 Å². The van der Waals surface area contributed by atoms with Gasteiger partial charge in [-0.1, -0.05) is 0 Å². The number of nitriles is 1. The molecule has 14 heavy (non-hydrogen) atoms. The molecule has 0 radical (unpaired) electrons. The summed E-state index contributed by atoms with van der Waals surface area (Å²) >= 11 is 0. The zero-order chi connectivity index (χ0) is 10.4. The smallest absolute Gasteiger partial charge is 0.133 e. The first-order chi connectivity index (χ1) is 6.74. The van der Waals surface area contributed by atoms with Crippen LogP contribution >= 0.6 is 0 Å². The fourth-order valence-corrected chi connectivity index (χ4v) is 0.935. The van der Waals surface area contributed by atoms with Gasteiger partial charge in [0.1, 0.15) is 18.0 Å². The summed E-state index contributed by atoms with van der Waals surface area (Å²) in [5, 5.41) is 11.4. The Morgan fingerprint density at radius 1 is 1.50 bits per heavy atom. The Labute approximate surface area is 83.4 Å². The molecule has 1 aromatic heterocycles. The predicted octanol–water partition coefficient (Wildman–Crippen LogP) is 0.868. The topological polar surface area (TPSA) is 64.8 Å². The number of hydrogen-bond acceptors (Lipinski definition) is 5. The third-order valence-corrected chi connectivity index (χ3v) is 1.65. The standard InChI is InChI=1S/C9H13N5/c1-14(2)9-6-8(12-7-13-9)11-5-3-4-10/h6-7H,3,5H2,1-2H3,(H,11,12,13). The van der Waals surface area contributed by atoms with Gasteiger partial charge in [-0.25, -0.2) is 9.97 Å². The second-order valence-corrected chi connectivity index (χ2v) is 2.99. The molecule has 1 heterocycles. The molecule has 1 N–H and O–H groups in total. The average Bonchev–Trinajstić information content (AvgIpc) is 2.19. The Hall–Kier alpha value is -1.83. The summed E-state index contributed by atoms with van der Waals surface area (Å²) in [6, 6.07) is 3.90. The highest BCUT2D eigenvalue weighted by Crippen LogP contribution is 2.10. The average molecular weight is 191 g/mol. The molecule has 1 rings (SSSR count). The van der Waals surface area contributed by atoms with Crippen molar-refractivity contribution in [2.75, 3.05) is 30.9 Å². The van der Waals surface area contributed by atoms with E-state index >= 15 is 0 Å². The molecule has 0 amide bonds. The van der Waals surface area contributed by atoms with Crippen molar-refractivity contribution >= 4 is 11.6 Å². The number of aromatic nitrogens is 2. The van der Waals surface area contributed by atoms with Crippen molar-refractivity contribution in [1.82, 2.24) is 9.97 Å². The number of hydrogen-bond donors (Lipinski definition) is 1. The predicted molar refractivity (Wildman–Crippen MR) is 55.1 cm³/mol. The first-order valence-electron chi connectivity index (χ1n) is 4.34. The van der Waals surface area contributed by atoms with Gasteiger partial charge in [-0.15, -0.1) is 0 Å². The minimum atomic E-state index is 0.474. The molecule has 0 atom stereocenters. The van der Waals surface area contributed by atoms with E-state index in [2.05, 4.69) is 21.4 Å². The zero-order valence-electron chi connectivity index (χ0n) is 8.36. The van der Waals surface area contributed by atoms with Gasteiger partial charge in [0.15, 0.2) is 0 Å². The van der Waals surface area contributed by atoms with E-state index in [1.54, 1.807) is 0 Å². The van der Waals surface area contributed by atoms with E-state index in [9.17, 15) is 0 Å². The second-order valence-electron chi connectivity index (χ2n) is 2.99. The van der Waals surface area contributed by atoms with Crippen LogP contribution in [0.3, 0.4) is 0 Å². The summed E-state index contributed by atoms with van der Waals surface area (Å²) in [6.07, 6.45) is 1.98. The van der Waals surface area contributed by atoms with Crippen LogP contribution in [0.2, 0.25) is 0 Å². The van der Waals surface area contributed by atoms with Crippen LogP contribution in [-0.4, -0.2) is 30.6 Å². The molecule has 5 heteroatoms. The normalized spacial score (nSPS) is 9.21. The lowest BCUT2D eigenvalue weighted by molar-refractivity contribution is 1.01. The largest absolute Gasteiger partial charge is 0.369 e. The van der Waals surface area contributed by atoms with Crippen LogP contribution in [0, 0.1) is 11.3 Å². The quantitative estimate of drug-likeness (QED) is 0.715. The molecule has 0 unspecified atom stereocenters. The van der Waals surface area contributed by atoms with Gasteiger partial charge in [0.05, 0.1) is 12.5 Å². The van der Waals surface area contributed by atoms with Crippen molar-refractivity contribution < 1.29 is 0 Å². The Bertz CT molecular complexity index is 328. The molecule has 0 spiro atoms. The fourth-order valence-electron chi connectivity index (χ4n) is 0.935. The molecule has 0 saturated heterocycles. The molecule has 74 valence electrons. The van der Waals surface area contributed by atoms with Gasteiger partial charge in [0.2, 0.25) is 0 Å². The van der Waals surface area contributed by atoms with Gasteiger partial charge in [-0.05, 0) is 0 Å². The third kappa shape index (κ3) is 2.90. The highest BCUT2D eigenvalue weighted by molar-refractivity contribution is 5.47. The monoisotopic (exact) mass is 191 g/mol. The third-order valence-electron chi connectivity index (χ3n) is 1.65. The summed E-state index contributed by atoms with van der Waals surface area (Å²) in [7, 11) is 3.84. The van der Waals surface area contributed by atoms with E-state index in [1.807, 2.05) is 25.1 Å². The van der Waals surface area contributed by atoms with Crippen molar-refractivity contribution in [3.63, 3.8) is 0 Å². The Morgan fingerprint density at radius 3 is 2.93 bits per heavy atom. The minimum absolute atomic E-state index is 0.474. The van der Waals surface area contributed by atoms with Crippen LogP contribution in [0.4, 0.5) is 11.6 Å². The van der Waals surface area contributed by atoms with Crippen LogP contribution in [0.15, 0.2) is 12.4 Å². The maximum Gasteiger partial charge on any atom is 0.133 e. The number of nitrogens with one attached hydrogen (secondary N) is 1. The number of anilines is 2. The molecular formula is C9H13N5. The van der Waals surface area contributed by atoms with Gasteiger partial charge in [-0.2, -0.15) is 5.26 Å². The fraction of sp³-hybridized carbons (Fsp3) is 0.444. The highest BCUT2D eigenvalue weighted by Gasteiger charge is 1.98. The minimum Gasteiger partial charge on any atom is -0.369 e. The molecule has 5 nitrogen and oxygen atoms in total. The maximum atomic E-state index is 8.36. The summed E-state index contributed by atoms with van der Waals surface area (Å²) in [6.45, 7) is 0.611. The van der Waals surface area contributed by atoms with Gasteiger partial charge >= 0.3 is 0 Å². The van der Waals surface area contributed by atoms with E-state index in [4.69, 9.17) is 5.26 Å². The van der Waals surface area contributed by atoms with Crippen LogP contribution in [-0.2, 0) is 0 Å². The molecule has 0 aliphatic heterocycles. The first-order valence-corrected chi connectivity index (χ1v) is 4.34. The summed E-state index contributed by atoms with van der Waals surface area (Å²) in [4.78, 5) is 10.0. The Kier molecular flexibility index (Phi) is 3.68. The van der Waals surface area contributed by atoms with Crippen molar-refractivity contribution in [2.24, 2.45) is 0 Å². The van der Waals surface area contributed by atoms with E-state index in [-0.39, 0.29) is 0 Å². The van der Waals surface area contributed by atoms with Crippen molar-refractivity contribution in [3.8, 4) is 6.07 Å². The van der Waals surface area contributed by atoms with Gasteiger partial charge in [0.25, 0.3) is 0 Å². The number of rotatable bonds is 4. The van der Waals surface area contributed by atoms with Crippen LogP contribution < -0.4 is 10.2 Å². The van der Waals surface area contributed by atoms with Crippen molar-refractivity contribution in [3.05, 3.63) is 12.4 Å². The van der Waals surface area contributed by atoms with Crippen LogP contribution in [0.1, 0.15) is 6.42 Å². The van der Waals surface area contributed by atoms with E-state index in [0.717, 1.165) is 11.6 Å². The van der Waals surface area contributed by atoms with E-state index < -0.39 is 0 Å². The van der Waals surface area contributed by atoms with Crippen LogP contribution in [0.25, 0.3) is 0 Å². The molecular weight excluding hydrogens is 178 g/mol. The lowest BCUT2D eigenvalue weighted by Crippen LogP contribution is -2.12. The molecule has 0 bridgehead atoms. The Morgan fingerprint density at radius 2 is 2.29 bits per heavy atom. The molecule has 0 fully saturated rings. The summed E-state index contributed by atoms with van der Waals surface area (Å²) in [5.41, 5.74) is 0. The lowest BCUT2D eigenvalue weighted by atomic mass is 10.4. The van der Waals surface area contributed by atoms with Crippen LogP contribution in [0.5, 0.6) is 0 Å². The molecule has 0 aliphatic rings. The first kappa shape index (κ1) is 10.3. The zero-order valence-corrected chi connectivity index (χ0v) is 8.36. The molecule has 0 saturated carbocycles. The SMILES string of the molecule is CN(C)c1cc(NCCC#N)ncn1. The van der Waals surface area contributed by atoms with Crippen molar-refractivity contribution in [2.45, 2.75) is 6.42 Å². The van der Waals surface area contributed by atoms with Crippen molar-refractivity contribution in [1.29, 1.82) is 5.26 Å². The molecule has 1 aromatic rings. The van der Waals surface area contributed by atoms with E-state index in [0.29, 0.717) is 13.0 Å². The maximum absolute atomic E-state index is 8.36. The van der Waals surface area contributed by atoms with Gasteiger partial charge < -0.3 is 10.2 Å². The molecule has 0 aliphatic carbocycles. The summed E-state index contributed by atoms with van der Waals surface area (Å²) < 4.78 is 0. The van der Waals surface area contributed by atoms with Gasteiger partial charge in [0, 0.05) is 26.7 Å². The summed E-state index contributed by atoms with van der Waals surface area (Å²) in [5.74, 6) is 1.60. The highest BCUT2D eigenvalue weighted by atomic mass is 15.2.